The predicted octanol–water partition coefficient (Wildman–Crippen LogP) is 1.88. The second-order valence-electron chi connectivity index (χ2n) is 6.18. The van der Waals surface area contributed by atoms with E-state index in [9.17, 15) is 9.90 Å². The van der Waals surface area contributed by atoms with Gasteiger partial charge in [0, 0.05) is 38.4 Å². The Balaban J connectivity index is 1.53. The van der Waals surface area contributed by atoms with E-state index in [0.29, 0.717) is 25.3 Å². The minimum Gasteiger partial charge on any atom is -0.387 e. The molecule has 1 amide bonds. The number of β-amino-alcohol motifs (C(OH)–C–C–N with tert-alkyl or cyclic N) is 1. The Bertz CT molecular complexity index is 682. The number of rotatable bonds is 4. The number of aromatic nitrogens is 1. The Morgan fingerprint density at radius 2 is 1.79 bits per heavy atom. The molecule has 126 valence electrons. The van der Waals surface area contributed by atoms with Crippen LogP contribution in [0.25, 0.3) is 0 Å². The van der Waals surface area contributed by atoms with Gasteiger partial charge in [0.25, 0.3) is 5.91 Å². The summed E-state index contributed by atoms with van der Waals surface area (Å²) in [5.74, 6) is -0.0121. The van der Waals surface area contributed by atoms with Crippen LogP contribution in [0.4, 0.5) is 0 Å². The molecule has 0 radical (unpaired) electrons. The number of amides is 1. The average Bonchev–Trinajstić information content (AvgIpc) is 2.62. The molecule has 1 saturated heterocycles. The van der Waals surface area contributed by atoms with Crippen molar-refractivity contribution in [3.05, 3.63) is 65.5 Å². The van der Waals surface area contributed by atoms with Gasteiger partial charge in [-0.15, -0.1) is 0 Å². The van der Waals surface area contributed by atoms with Crippen molar-refractivity contribution in [2.24, 2.45) is 0 Å². The molecule has 1 aliphatic rings. The number of piperazine rings is 1. The maximum absolute atomic E-state index is 12.5. The third kappa shape index (κ3) is 3.99. The zero-order valence-electron chi connectivity index (χ0n) is 13.9. The summed E-state index contributed by atoms with van der Waals surface area (Å²) in [4.78, 5) is 20.8. The summed E-state index contributed by atoms with van der Waals surface area (Å²) in [7, 11) is 0. The number of hydrogen-bond donors (Lipinski definition) is 1. The molecule has 2 aromatic rings. The second-order valence-corrected chi connectivity index (χ2v) is 6.18. The first-order valence-corrected chi connectivity index (χ1v) is 8.32. The largest absolute Gasteiger partial charge is 0.387 e. The quantitative estimate of drug-likeness (QED) is 0.932. The van der Waals surface area contributed by atoms with E-state index in [1.807, 2.05) is 54.3 Å². The first kappa shape index (κ1) is 16.6. The van der Waals surface area contributed by atoms with Crippen LogP contribution in [0.15, 0.2) is 48.5 Å². The monoisotopic (exact) mass is 325 g/mol. The maximum Gasteiger partial charge on any atom is 0.272 e. The number of benzene rings is 1. The molecule has 0 unspecified atom stereocenters. The Morgan fingerprint density at radius 3 is 2.46 bits per heavy atom. The molecule has 1 aromatic carbocycles. The summed E-state index contributed by atoms with van der Waals surface area (Å²) in [6.07, 6.45) is -0.494. The molecular weight excluding hydrogens is 302 g/mol. The minimum atomic E-state index is -0.494. The number of aliphatic hydroxyl groups excluding tert-OH is 1. The van der Waals surface area contributed by atoms with Crippen molar-refractivity contribution in [3.63, 3.8) is 0 Å². The smallest absolute Gasteiger partial charge is 0.272 e. The lowest BCUT2D eigenvalue weighted by molar-refractivity contribution is 0.0523. The summed E-state index contributed by atoms with van der Waals surface area (Å²) >= 11 is 0. The van der Waals surface area contributed by atoms with Crippen LogP contribution in [0.5, 0.6) is 0 Å². The van der Waals surface area contributed by atoms with Crippen LogP contribution in [0.2, 0.25) is 0 Å². The van der Waals surface area contributed by atoms with Crippen LogP contribution >= 0.6 is 0 Å². The van der Waals surface area contributed by atoms with Crippen molar-refractivity contribution < 1.29 is 9.90 Å². The number of pyridine rings is 1. The molecule has 2 heterocycles. The van der Waals surface area contributed by atoms with Gasteiger partial charge in [0.2, 0.25) is 0 Å². The molecule has 24 heavy (non-hydrogen) atoms. The van der Waals surface area contributed by atoms with E-state index in [4.69, 9.17) is 0 Å². The van der Waals surface area contributed by atoms with Gasteiger partial charge in [-0.05, 0) is 24.6 Å². The third-order valence-corrected chi connectivity index (χ3v) is 4.38. The van der Waals surface area contributed by atoms with Crippen LogP contribution in [-0.4, -0.2) is 58.5 Å². The Labute approximate surface area is 142 Å². The molecule has 0 aliphatic carbocycles. The van der Waals surface area contributed by atoms with E-state index in [-0.39, 0.29) is 5.91 Å². The van der Waals surface area contributed by atoms with E-state index in [1.165, 1.54) is 0 Å². The van der Waals surface area contributed by atoms with E-state index in [0.717, 1.165) is 24.3 Å². The maximum atomic E-state index is 12.5. The highest BCUT2D eigenvalue weighted by atomic mass is 16.3. The van der Waals surface area contributed by atoms with Gasteiger partial charge in [-0.1, -0.05) is 36.4 Å². The lowest BCUT2D eigenvalue weighted by atomic mass is 10.1. The first-order valence-electron chi connectivity index (χ1n) is 8.32. The van der Waals surface area contributed by atoms with Gasteiger partial charge in [-0.3, -0.25) is 9.69 Å². The molecule has 0 spiro atoms. The number of carbonyl (C=O) groups excluding carboxylic acids is 1. The highest BCUT2D eigenvalue weighted by Crippen LogP contribution is 2.15. The molecular formula is C19H23N3O2. The van der Waals surface area contributed by atoms with Crippen LogP contribution in [0, 0.1) is 6.92 Å². The standard InChI is InChI=1S/C19H23N3O2/c1-15-6-5-9-17(20-15)19(24)22-12-10-21(11-13-22)14-18(23)16-7-3-2-4-8-16/h2-9,18,23H,10-14H2,1H3/t18-/m1/s1. The summed E-state index contributed by atoms with van der Waals surface area (Å²) in [5, 5.41) is 10.3. The molecule has 1 N–H and O–H groups in total. The van der Waals surface area contributed by atoms with E-state index in [1.54, 1.807) is 6.07 Å². The lowest BCUT2D eigenvalue weighted by Gasteiger charge is -2.35. The number of nitrogens with zero attached hydrogens (tertiary/aromatic N) is 3. The van der Waals surface area contributed by atoms with E-state index < -0.39 is 6.10 Å². The SMILES string of the molecule is Cc1cccc(C(=O)N2CCN(C[C@@H](O)c3ccccc3)CC2)n1. The highest BCUT2D eigenvalue weighted by molar-refractivity contribution is 5.92. The van der Waals surface area contributed by atoms with Gasteiger partial charge in [0.15, 0.2) is 0 Å². The summed E-state index contributed by atoms with van der Waals surface area (Å²) in [6.45, 7) is 5.34. The van der Waals surface area contributed by atoms with E-state index in [2.05, 4.69) is 9.88 Å². The zero-order valence-corrected chi connectivity index (χ0v) is 13.9. The Hall–Kier alpha value is -2.24. The van der Waals surface area contributed by atoms with Gasteiger partial charge in [0.1, 0.15) is 5.69 Å². The second kappa shape index (κ2) is 7.55. The van der Waals surface area contributed by atoms with Crippen molar-refractivity contribution in [1.29, 1.82) is 0 Å². The number of carbonyl (C=O) groups is 1. The van der Waals surface area contributed by atoms with Crippen LogP contribution < -0.4 is 0 Å². The van der Waals surface area contributed by atoms with Gasteiger partial charge in [-0.2, -0.15) is 0 Å². The number of aliphatic hydroxyl groups is 1. The van der Waals surface area contributed by atoms with Gasteiger partial charge in [-0.25, -0.2) is 4.98 Å². The summed E-state index contributed by atoms with van der Waals surface area (Å²) < 4.78 is 0. The van der Waals surface area contributed by atoms with Gasteiger partial charge in [0.05, 0.1) is 6.10 Å². The van der Waals surface area contributed by atoms with Crippen LogP contribution in [0.1, 0.15) is 27.8 Å². The molecule has 0 bridgehead atoms. The van der Waals surface area contributed by atoms with E-state index >= 15 is 0 Å². The normalized spacial score (nSPS) is 16.8. The fourth-order valence-electron chi connectivity index (χ4n) is 2.98. The van der Waals surface area contributed by atoms with Crippen LogP contribution in [-0.2, 0) is 0 Å². The highest BCUT2D eigenvalue weighted by Gasteiger charge is 2.24. The topological polar surface area (TPSA) is 56.7 Å². The van der Waals surface area contributed by atoms with Gasteiger partial charge >= 0.3 is 0 Å². The average molecular weight is 325 g/mol. The molecule has 1 atom stereocenters. The molecule has 0 saturated carbocycles. The molecule has 3 rings (SSSR count). The lowest BCUT2D eigenvalue weighted by Crippen LogP contribution is -2.49. The molecule has 1 aromatic heterocycles. The number of hydrogen-bond acceptors (Lipinski definition) is 4. The number of aryl methyl sites for hydroxylation is 1. The fraction of sp³-hybridized carbons (Fsp3) is 0.368. The first-order chi connectivity index (χ1) is 11.6. The fourth-order valence-corrected chi connectivity index (χ4v) is 2.98. The molecule has 1 fully saturated rings. The van der Waals surface area contributed by atoms with Crippen molar-refractivity contribution in [2.45, 2.75) is 13.0 Å². The molecule has 1 aliphatic heterocycles. The third-order valence-electron chi connectivity index (χ3n) is 4.38. The summed E-state index contributed by atoms with van der Waals surface area (Å²) in [6, 6.07) is 15.2. The Kier molecular flexibility index (Phi) is 5.23. The van der Waals surface area contributed by atoms with Crippen molar-refractivity contribution in [2.75, 3.05) is 32.7 Å². The predicted molar refractivity (Wildman–Crippen MR) is 92.7 cm³/mol. The van der Waals surface area contributed by atoms with Gasteiger partial charge < -0.3 is 10.0 Å². The Morgan fingerprint density at radius 1 is 1.08 bits per heavy atom. The summed E-state index contributed by atoms with van der Waals surface area (Å²) in [5.41, 5.74) is 2.29. The van der Waals surface area contributed by atoms with Crippen molar-refractivity contribution >= 4 is 5.91 Å². The van der Waals surface area contributed by atoms with Crippen molar-refractivity contribution in [3.8, 4) is 0 Å². The van der Waals surface area contributed by atoms with Crippen molar-refractivity contribution in [1.82, 2.24) is 14.8 Å². The van der Waals surface area contributed by atoms with Crippen LogP contribution in [0.3, 0.4) is 0 Å². The molecule has 5 heteroatoms. The zero-order chi connectivity index (χ0) is 16.9. The molecule has 5 nitrogen and oxygen atoms in total. The minimum absolute atomic E-state index is 0.0121.